The fraction of sp³-hybridized carbons (Fsp3) is 0.446. The quantitative estimate of drug-likeness (QED) is 0.0519. The number of fused-ring (bicyclic) bond motifs is 10. The summed E-state index contributed by atoms with van der Waals surface area (Å²) in [5.74, 6) is -0.825. The molecule has 10 aromatic rings. The third-order valence-corrected chi connectivity index (χ3v) is 22.0. The van der Waals surface area contributed by atoms with Crippen LogP contribution in [0, 0.1) is 99.6 Å². The molecule has 131 heavy (non-hydrogen) atoms. The second-order valence-corrected chi connectivity index (χ2v) is 29.0. The van der Waals surface area contributed by atoms with Crippen molar-refractivity contribution in [1.82, 2.24) is 0 Å². The number of carbonyl (C=O) groups is 2. The van der Waals surface area contributed by atoms with Gasteiger partial charge in [0.1, 0.15) is 30.9 Å². The maximum absolute atomic E-state index is 11.2. The largest absolute Gasteiger partial charge is 0.480 e. The Morgan fingerprint density at radius 2 is 0.687 bits per heavy atom. The van der Waals surface area contributed by atoms with Gasteiger partial charge in [0.2, 0.25) is 0 Å². The van der Waals surface area contributed by atoms with Crippen LogP contribution < -0.4 is 24.9 Å². The van der Waals surface area contributed by atoms with Crippen LogP contribution >= 0.6 is 22.6 Å². The Labute approximate surface area is 935 Å². The van der Waals surface area contributed by atoms with Crippen LogP contribution in [0.1, 0.15) is 288 Å². The minimum Gasteiger partial charge on any atom is -0.480 e. The number of aryl methyl sites for hydroxylation is 5. The molecule has 19 heteroatoms. The molecule has 13 nitrogen and oxygen atoms in total. The van der Waals surface area contributed by atoms with Gasteiger partial charge in [0.25, 0.3) is 0 Å². The molecule has 2 saturated heterocycles. The van der Waals surface area contributed by atoms with E-state index < -0.39 is 5.97 Å². The smallest absolute Gasteiger partial charge is 0.322 e. The van der Waals surface area contributed by atoms with Gasteiger partial charge in [0.15, 0.2) is 12.6 Å². The van der Waals surface area contributed by atoms with Gasteiger partial charge in [-0.15, -0.1) is 27.8 Å². The first-order chi connectivity index (χ1) is 61.4. The first kappa shape index (κ1) is 134. The van der Waals surface area contributed by atoms with Crippen molar-refractivity contribution < 1.29 is 202 Å². The number of ether oxygens (including phenoxy) is 4. The SMILES string of the molecule is CC.CC.CC.CC.CC.CC.CC.CC.CC.CC.Cc1ccc2c(c1C)N(CC(=O)O)c1c[c-]ccc1C2.Cc1ccc2c(c1C)N(CC=O)c1c[c-]ccc1C2.Cc1ccc2c(c1C)N(CO)c1c[c-]ccc1C2.Cc1ccc2c(c1C)N(COC1CCCCO1)c1c[c-]ccc1C2.Cc1ccc2c(c1C)Nc1c[c-]ccc1C2.ICOC1CCCCO1.[Y].[Y].[Y].[Y].[Y]. The van der Waals surface area contributed by atoms with Crippen molar-refractivity contribution in [2.75, 3.05) is 69.3 Å². The van der Waals surface area contributed by atoms with E-state index in [1.807, 2.05) is 209 Å². The number of benzene rings is 10. The van der Waals surface area contributed by atoms with Gasteiger partial charge in [0, 0.05) is 205 Å². The maximum Gasteiger partial charge on any atom is 0.322 e. The van der Waals surface area contributed by atoms with Crippen molar-refractivity contribution in [3.8, 4) is 0 Å². The molecule has 5 radical (unpaired) electrons. The first-order valence-electron chi connectivity index (χ1n) is 47.0. The standard InChI is InChI=1S/C21H24NO2.C17H16NO2.C17H16NO.C16H16NO.C15H14N.C6H11IO2.10C2H6.5Y/c1-15-10-11-18-13-17-7-3-4-8-19(17)22(21(18)16(15)2)14-24-20-9-5-6-12-23-20;1-11-7-8-14-9-13-5-3-4-6-15(13)18(10-16(19)20)17(14)12(11)2;1-12-7-8-15-11-14-5-3-4-6-16(14)18(9-10-19)17(15)13(12)2;1-11-7-8-14-9-13-5-3-4-6-15(13)17(10-18)16(14)12(11)2;1-10-7-8-13-9-12-5-3-4-6-14(12)16-15(13)11(10)2;7-5-9-6-3-1-2-4-8-6;10*1-2;;;;;/h3,7-8,10-11,20H,5-6,9,12-14H2,1-2H3;3,5-8H,9-10H2,1-2H3,(H,19,20);3,5-8,10H,9,11H2,1-2H3;3,5-8,18H,9-10H2,1-2H3;3,5-8,16H,9H2,1-2H3;6H,1-5H2;10*1-2H3;;;;;/q5*-1;;;;;;;;;;;;;;;;. The minimum atomic E-state index is -0.825. The predicted molar refractivity (Wildman–Crippen MR) is 549 cm³/mol. The van der Waals surface area contributed by atoms with Crippen LogP contribution in [0.3, 0.4) is 0 Å². The second kappa shape index (κ2) is 76.3. The first-order valence-corrected chi connectivity index (χ1v) is 48.5. The molecule has 7 aliphatic rings. The van der Waals surface area contributed by atoms with Gasteiger partial charge in [-0.3, -0.25) is 4.79 Å². The molecule has 2 unspecified atom stereocenters. The van der Waals surface area contributed by atoms with Crippen molar-refractivity contribution in [3.05, 3.63) is 293 Å². The van der Waals surface area contributed by atoms with Crippen molar-refractivity contribution >= 4 is 91.7 Å². The number of aldehydes is 1. The molecule has 0 amide bonds. The van der Waals surface area contributed by atoms with Crippen LogP contribution in [0.4, 0.5) is 56.9 Å². The molecule has 0 aliphatic carbocycles. The van der Waals surface area contributed by atoms with Gasteiger partial charge >= 0.3 is 5.97 Å². The second-order valence-electron chi connectivity index (χ2n) is 28.3. The van der Waals surface area contributed by atoms with E-state index in [1.54, 1.807) is 0 Å². The summed E-state index contributed by atoms with van der Waals surface area (Å²) in [6, 6.07) is 67.5. The fourth-order valence-corrected chi connectivity index (χ4v) is 15.6. The van der Waals surface area contributed by atoms with Crippen molar-refractivity contribution in [3.63, 3.8) is 0 Å². The van der Waals surface area contributed by atoms with E-state index in [9.17, 15) is 19.8 Å². The van der Waals surface area contributed by atoms with E-state index in [-0.39, 0.29) is 189 Å². The molecule has 0 aromatic heterocycles. The number of carboxylic acid groups (broad SMARTS) is 1. The summed E-state index contributed by atoms with van der Waals surface area (Å²) in [5, 5.41) is 22.5. The van der Waals surface area contributed by atoms with Crippen molar-refractivity contribution in [1.29, 1.82) is 0 Å². The number of aliphatic carboxylic acids is 1. The summed E-state index contributed by atoms with van der Waals surface area (Å²) in [6.07, 6.45) is 12.5. The molecule has 2 fully saturated rings. The molecular formula is C112H157IN5O8Y5-5. The van der Waals surface area contributed by atoms with Crippen LogP contribution in [0.5, 0.6) is 0 Å². The Bertz CT molecular complexity index is 4800. The molecule has 0 bridgehead atoms. The van der Waals surface area contributed by atoms with Gasteiger partial charge in [-0.2, -0.15) is 121 Å². The van der Waals surface area contributed by atoms with E-state index in [2.05, 4.69) is 228 Å². The average molecular weight is 2270 g/mol. The monoisotopic (exact) mass is 2270 g/mol. The summed E-state index contributed by atoms with van der Waals surface area (Å²) < 4.78 is 23.1. The molecular weight excluding hydrogens is 2110 g/mol. The number of carboxylic acids is 1. The van der Waals surface area contributed by atoms with E-state index in [1.165, 1.54) is 148 Å². The topological polar surface area (TPSA) is 137 Å². The third kappa shape index (κ3) is 38.5. The van der Waals surface area contributed by atoms with Crippen LogP contribution in [0.15, 0.2) is 152 Å². The number of carbonyl (C=O) groups excluding carboxylic acids is 1. The molecule has 0 spiro atoms. The van der Waals surface area contributed by atoms with Gasteiger partial charge in [0.05, 0.1) is 6.54 Å². The molecule has 2 atom stereocenters. The molecule has 705 valence electrons. The Morgan fingerprint density at radius 3 is 1.03 bits per heavy atom. The van der Waals surface area contributed by atoms with E-state index in [4.69, 9.17) is 18.9 Å². The van der Waals surface area contributed by atoms with Gasteiger partial charge < -0.3 is 58.9 Å². The third-order valence-electron chi connectivity index (χ3n) is 21.7. The molecule has 10 aromatic carbocycles. The zero-order chi connectivity index (χ0) is 94.5. The minimum absolute atomic E-state index is 0. The summed E-state index contributed by atoms with van der Waals surface area (Å²) in [4.78, 5) is 30.6. The van der Waals surface area contributed by atoms with E-state index in [0.717, 1.165) is 115 Å². The van der Waals surface area contributed by atoms with Crippen molar-refractivity contribution in [2.24, 2.45) is 0 Å². The van der Waals surface area contributed by atoms with Gasteiger partial charge in [-0.25, -0.2) is 0 Å². The van der Waals surface area contributed by atoms with Gasteiger partial charge in [-0.05, 0) is 223 Å². The number of alkyl halides is 1. The summed E-state index contributed by atoms with van der Waals surface area (Å²) in [5.41, 5.74) is 37.1. The number of nitrogens with zero attached hydrogens (tertiary/aromatic N) is 4. The fourth-order valence-electron chi connectivity index (χ4n) is 15.2. The number of aliphatic hydroxyl groups excluding tert-OH is 1. The maximum atomic E-state index is 11.2. The molecule has 7 aliphatic heterocycles. The molecule has 0 saturated carbocycles. The van der Waals surface area contributed by atoms with Crippen LogP contribution in [-0.2, 0) is 224 Å². The number of aliphatic hydroxyl groups is 1. The Kier molecular flexibility index (Phi) is 77.8. The number of halogens is 1. The number of hydrogen-bond acceptors (Lipinski definition) is 12. The number of nitrogens with one attached hydrogen (secondary N) is 1. The predicted octanol–water partition coefficient (Wildman–Crippen LogP) is 30.2. The Balaban J connectivity index is -0.000000713. The van der Waals surface area contributed by atoms with Crippen LogP contribution in [0.2, 0.25) is 0 Å². The van der Waals surface area contributed by atoms with Crippen molar-refractivity contribution in [2.45, 2.75) is 291 Å². The summed E-state index contributed by atoms with van der Waals surface area (Å²) in [6.45, 7) is 63.9. The van der Waals surface area contributed by atoms with E-state index in [0.29, 0.717) is 13.3 Å². The Morgan fingerprint density at radius 1 is 0.389 bits per heavy atom. The molecule has 7 heterocycles. The van der Waals surface area contributed by atoms with Gasteiger partial charge in [-0.1, -0.05) is 250 Å². The zero-order valence-electron chi connectivity index (χ0n) is 85.8. The number of anilines is 10. The number of rotatable bonds is 10. The summed E-state index contributed by atoms with van der Waals surface area (Å²) in [7, 11) is 0. The average Bonchev–Trinajstić information content (AvgIpc) is 0.774. The Hall–Kier alpha value is -3.61. The van der Waals surface area contributed by atoms with Crippen LogP contribution in [0.25, 0.3) is 0 Å². The van der Waals surface area contributed by atoms with Crippen LogP contribution in [-0.4, -0.2) is 79.4 Å². The number of hydrogen-bond donors (Lipinski definition) is 3. The normalized spacial score (nSPS) is 13.2. The summed E-state index contributed by atoms with van der Waals surface area (Å²) >= 11 is 2.19. The van der Waals surface area contributed by atoms with E-state index >= 15 is 0 Å². The molecule has 3 N–H and O–H groups in total. The molecule has 17 rings (SSSR count). The zero-order valence-corrected chi connectivity index (χ0v) is 102.